The Morgan fingerprint density at radius 1 is 1.12 bits per heavy atom. The third kappa shape index (κ3) is 3.76. The third-order valence-corrected chi connectivity index (χ3v) is 8.22. The lowest BCUT2D eigenvalue weighted by Crippen LogP contribution is -2.48. The Labute approximate surface area is 202 Å². The van der Waals surface area contributed by atoms with E-state index in [0.29, 0.717) is 30.1 Å². The zero-order valence-corrected chi connectivity index (χ0v) is 20.4. The summed E-state index contributed by atoms with van der Waals surface area (Å²) in [6.45, 7) is 7.25. The van der Waals surface area contributed by atoms with Crippen LogP contribution in [0, 0.1) is 12.8 Å². The van der Waals surface area contributed by atoms with Crippen LogP contribution in [0.5, 0.6) is 0 Å². The van der Waals surface area contributed by atoms with Crippen LogP contribution in [-0.2, 0) is 10.3 Å². The van der Waals surface area contributed by atoms with Gasteiger partial charge in [-0.1, -0.05) is 32.0 Å². The molecule has 7 nitrogen and oxygen atoms in total. The Morgan fingerprint density at radius 3 is 2.44 bits per heavy atom. The van der Waals surface area contributed by atoms with Gasteiger partial charge >= 0.3 is 6.03 Å². The summed E-state index contributed by atoms with van der Waals surface area (Å²) in [4.78, 5) is 44.3. The van der Waals surface area contributed by atoms with Crippen LogP contribution in [-0.4, -0.2) is 40.8 Å². The molecule has 1 atom stereocenters. The molecule has 0 aliphatic carbocycles. The Bertz CT molecular complexity index is 1270. The molecule has 0 bridgehead atoms. The molecular formula is C26H28N4O3S. The van der Waals surface area contributed by atoms with E-state index in [0.717, 1.165) is 23.4 Å². The Balaban J connectivity index is 1.27. The molecule has 34 heavy (non-hydrogen) atoms. The minimum Gasteiger partial charge on any atom is -0.339 e. The second kappa shape index (κ2) is 8.51. The molecule has 176 valence electrons. The van der Waals surface area contributed by atoms with Gasteiger partial charge in [0.2, 0.25) is 0 Å². The first-order chi connectivity index (χ1) is 16.3. The number of fused-ring (bicyclic) bond motifs is 1. The van der Waals surface area contributed by atoms with E-state index in [9.17, 15) is 14.4 Å². The lowest BCUT2D eigenvalue weighted by Gasteiger charge is -2.32. The number of carbonyl (C=O) groups excluding carboxylic acids is 3. The van der Waals surface area contributed by atoms with Gasteiger partial charge in [-0.05, 0) is 61.1 Å². The van der Waals surface area contributed by atoms with Crippen molar-refractivity contribution in [1.29, 1.82) is 0 Å². The molecule has 4 amide bonds. The maximum atomic E-state index is 13.1. The maximum absolute atomic E-state index is 13.1. The van der Waals surface area contributed by atoms with Gasteiger partial charge in [-0.2, -0.15) is 0 Å². The summed E-state index contributed by atoms with van der Waals surface area (Å²) in [5.41, 5.74) is 2.43. The topological polar surface area (TPSA) is 91.4 Å². The highest BCUT2D eigenvalue weighted by molar-refractivity contribution is 7.18. The van der Waals surface area contributed by atoms with E-state index in [1.54, 1.807) is 35.6 Å². The van der Waals surface area contributed by atoms with Crippen LogP contribution in [0.3, 0.4) is 0 Å². The summed E-state index contributed by atoms with van der Waals surface area (Å²) in [6, 6.07) is 12.9. The van der Waals surface area contributed by atoms with Crippen LogP contribution in [0.25, 0.3) is 10.2 Å². The number of piperidine rings is 1. The van der Waals surface area contributed by atoms with Crippen molar-refractivity contribution >= 4 is 39.4 Å². The zero-order chi connectivity index (χ0) is 24.0. The Morgan fingerprint density at radius 2 is 1.82 bits per heavy atom. The molecule has 1 unspecified atom stereocenters. The number of nitrogens with one attached hydrogen (secondary N) is 2. The van der Waals surface area contributed by atoms with Crippen LogP contribution in [0.15, 0.2) is 42.5 Å². The molecule has 2 aliphatic heterocycles. The van der Waals surface area contributed by atoms with Gasteiger partial charge in [0.15, 0.2) is 0 Å². The number of hydrogen-bond donors (Lipinski definition) is 2. The van der Waals surface area contributed by atoms with E-state index in [1.165, 1.54) is 10.3 Å². The molecule has 1 aromatic heterocycles. The number of amides is 4. The molecule has 0 radical (unpaired) electrons. The maximum Gasteiger partial charge on any atom is 0.322 e. The van der Waals surface area contributed by atoms with Crippen molar-refractivity contribution < 1.29 is 14.4 Å². The monoisotopic (exact) mass is 476 g/mol. The number of aromatic nitrogens is 1. The number of hydrogen-bond acceptors (Lipinski definition) is 5. The van der Waals surface area contributed by atoms with Gasteiger partial charge < -0.3 is 10.2 Å². The fourth-order valence-corrected chi connectivity index (χ4v) is 6.26. The number of aryl methyl sites for hydroxylation is 1. The molecule has 3 heterocycles. The van der Waals surface area contributed by atoms with Gasteiger partial charge in [0.05, 0.1) is 15.2 Å². The largest absolute Gasteiger partial charge is 0.339 e. The van der Waals surface area contributed by atoms with Gasteiger partial charge in [0.25, 0.3) is 11.8 Å². The predicted molar refractivity (Wildman–Crippen MR) is 132 cm³/mol. The number of carbonyl (C=O) groups is 3. The first-order valence-electron chi connectivity index (χ1n) is 11.7. The smallest absolute Gasteiger partial charge is 0.322 e. The average molecular weight is 477 g/mol. The van der Waals surface area contributed by atoms with Gasteiger partial charge in [-0.3, -0.25) is 14.9 Å². The predicted octanol–water partition coefficient (Wildman–Crippen LogP) is 4.32. The van der Waals surface area contributed by atoms with Gasteiger partial charge in [-0.25, -0.2) is 9.78 Å². The number of urea groups is 1. The van der Waals surface area contributed by atoms with Gasteiger partial charge in [-0.15, -0.1) is 11.3 Å². The van der Waals surface area contributed by atoms with Gasteiger partial charge in [0.1, 0.15) is 5.54 Å². The van der Waals surface area contributed by atoms with Crippen LogP contribution in [0.2, 0.25) is 0 Å². The summed E-state index contributed by atoms with van der Waals surface area (Å²) < 4.78 is 1.22. The molecule has 2 aliphatic rings. The van der Waals surface area contributed by atoms with Crippen molar-refractivity contribution in [3.63, 3.8) is 0 Å². The average Bonchev–Trinajstić information content (AvgIpc) is 3.39. The van der Waals surface area contributed by atoms with Crippen molar-refractivity contribution in [2.75, 3.05) is 13.1 Å². The van der Waals surface area contributed by atoms with Crippen molar-refractivity contribution in [2.45, 2.75) is 45.1 Å². The second-order valence-electron chi connectivity index (χ2n) is 9.54. The molecule has 8 heteroatoms. The van der Waals surface area contributed by atoms with Crippen LogP contribution < -0.4 is 10.6 Å². The lowest BCUT2D eigenvalue weighted by molar-refractivity contribution is -0.125. The van der Waals surface area contributed by atoms with Crippen molar-refractivity contribution in [2.24, 2.45) is 5.92 Å². The highest BCUT2D eigenvalue weighted by Crippen LogP contribution is 2.35. The standard InChI is InChI=1S/C26H28N4O3S/c1-15(2)26(24(32)28-25(33)29-26)19-7-5-18(6-8-19)23(31)30-12-10-17(11-13-30)22-27-20-9-4-16(3)14-21(20)34-22/h4-9,14-15,17H,10-13H2,1-3H3,(H2,28,29,32,33). The second-order valence-corrected chi connectivity index (χ2v) is 10.6. The molecule has 2 N–H and O–H groups in total. The molecule has 2 aromatic carbocycles. The normalized spacial score (nSPS) is 21.2. The quantitative estimate of drug-likeness (QED) is 0.549. The first-order valence-corrected chi connectivity index (χ1v) is 12.5. The summed E-state index contributed by atoms with van der Waals surface area (Å²) in [6.07, 6.45) is 1.79. The number of imide groups is 1. The molecular weight excluding hydrogens is 448 g/mol. The van der Waals surface area contributed by atoms with E-state index < -0.39 is 11.6 Å². The van der Waals surface area contributed by atoms with Crippen LogP contribution in [0.1, 0.15) is 59.1 Å². The number of benzene rings is 2. The fourth-order valence-electron chi connectivity index (χ4n) is 5.02. The number of thiazole rings is 1. The third-order valence-electron chi connectivity index (χ3n) is 7.04. The van der Waals surface area contributed by atoms with E-state index >= 15 is 0 Å². The summed E-state index contributed by atoms with van der Waals surface area (Å²) in [7, 11) is 0. The van der Waals surface area contributed by atoms with Crippen molar-refractivity contribution in [3.05, 3.63) is 64.2 Å². The Hall–Kier alpha value is -3.26. The minimum atomic E-state index is -1.12. The SMILES string of the molecule is Cc1ccc2nc(C3CCN(C(=O)c4ccc(C5(C(C)C)NC(=O)NC5=O)cc4)CC3)sc2c1. The molecule has 2 fully saturated rings. The molecule has 2 saturated heterocycles. The van der Waals surface area contributed by atoms with Gasteiger partial charge in [0, 0.05) is 24.6 Å². The van der Waals surface area contributed by atoms with E-state index in [-0.39, 0.29) is 17.7 Å². The molecule has 0 saturated carbocycles. The van der Waals surface area contributed by atoms with E-state index in [2.05, 4.69) is 35.8 Å². The number of rotatable bonds is 4. The highest BCUT2D eigenvalue weighted by Gasteiger charge is 2.50. The van der Waals surface area contributed by atoms with Crippen molar-refractivity contribution in [3.8, 4) is 0 Å². The minimum absolute atomic E-state index is 0.0107. The van der Waals surface area contributed by atoms with Crippen molar-refractivity contribution in [1.82, 2.24) is 20.5 Å². The lowest BCUT2D eigenvalue weighted by atomic mass is 9.79. The fraction of sp³-hybridized carbons (Fsp3) is 0.385. The van der Waals surface area contributed by atoms with E-state index in [1.807, 2.05) is 18.7 Å². The summed E-state index contributed by atoms with van der Waals surface area (Å²) in [5, 5.41) is 6.28. The Kier molecular flexibility index (Phi) is 5.64. The summed E-state index contributed by atoms with van der Waals surface area (Å²) >= 11 is 1.76. The molecule has 0 spiro atoms. The molecule has 5 rings (SSSR count). The first kappa shape index (κ1) is 22.5. The van der Waals surface area contributed by atoms with Crippen LogP contribution >= 0.6 is 11.3 Å². The van der Waals surface area contributed by atoms with Crippen LogP contribution in [0.4, 0.5) is 4.79 Å². The summed E-state index contributed by atoms with van der Waals surface area (Å²) in [5.74, 6) is -0.146. The highest BCUT2D eigenvalue weighted by atomic mass is 32.1. The van der Waals surface area contributed by atoms with E-state index in [4.69, 9.17) is 4.98 Å². The number of likely N-dealkylation sites (tertiary alicyclic amines) is 1. The molecule has 3 aromatic rings. The number of nitrogens with zero attached hydrogens (tertiary/aromatic N) is 2. The zero-order valence-electron chi connectivity index (χ0n) is 19.6.